The molecule has 1 heterocycles. The molecule has 8 nitrogen and oxygen atoms in total. The van der Waals surface area contributed by atoms with Crippen LogP contribution in [0.25, 0.3) is 11.8 Å². The zero-order valence-electron chi connectivity index (χ0n) is 12.9. The van der Waals surface area contributed by atoms with E-state index >= 15 is 0 Å². The lowest BCUT2D eigenvalue weighted by molar-refractivity contribution is -0.384. The first kappa shape index (κ1) is 16.1. The van der Waals surface area contributed by atoms with E-state index in [1.807, 2.05) is 0 Å². The van der Waals surface area contributed by atoms with Crippen LogP contribution in [0.3, 0.4) is 0 Å². The normalized spacial score (nSPS) is 10.7. The quantitative estimate of drug-likeness (QED) is 0.439. The molecule has 124 valence electrons. The number of rotatable bonds is 5. The highest BCUT2D eigenvalue weighted by molar-refractivity contribution is 6.02. The Morgan fingerprint density at radius 1 is 1.20 bits per heavy atom. The first-order chi connectivity index (χ1) is 12.1. The fourth-order valence-electron chi connectivity index (χ4n) is 2.14. The van der Waals surface area contributed by atoms with Gasteiger partial charge in [-0.15, -0.1) is 0 Å². The molecule has 0 spiro atoms. The van der Waals surface area contributed by atoms with Crippen LogP contribution in [0.5, 0.6) is 0 Å². The minimum Gasteiger partial charge on any atom is -0.323 e. The third-order valence-corrected chi connectivity index (χ3v) is 3.33. The second-order valence-corrected chi connectivity index (χ2v) is 5.06. The number of carbonyl (C=O) groups excluding carboxylic acids is 1. The van der Waals surface area contributed by atoms with Gasteiger partial charge in [0.25, 0.3) is 5.69 Å². The van der Waals surface area contributed by atoms with Crippen LogP contribution in [0.15, 0.2) is 67.3 Å². The van der Waals surface area contributed by atoms with Gasteiger partial charge >= 0.3 is 0 Å². The van der Waals surface area contributed by atoms with Crippen LogP contribution in [0.2, 0.25) is 0 Å². The third kappa shape index (κ3) is 4.14. The predicted octanol–water partition coefficient (Wildman–Crippen LogP) is 2.83. The summed E-state index contributed by atoms with van der Waals surface area (Å²) < 4.78 is 1.60. The topological polar surface area (TPSA) is 103 Å². The Balaban J connectivity index is 1.64. The summed E-state index contributed by atoms with van der Waals surface area (Å²) in [6, 6.07) is 13.1. The van der Waals surface area contributed by atoms with Crippen molar-refractivity contribution in [3.63, 3.8) is 0 Å². The average Bonchev–Trinajstić information content (AvgIpc) is 3.15. The van der Waals surface area contributed by atoms with E-state index in [9.17, 15) is 14.9 Å². The Morgan fingerprint density at radius 3 is 2.68 bits per heavy atom. The summed E-state index contributed by atoms with van der Waals surface area (Å²) in [7, 11) is 0. The number of carbonyl (C=O) groups is 1. The second kappa shape index (κ2) is 7.18. The van der Waals surface area contributed by atoms with Gasteiger partial charge in [0, 0.05) is 23.9 Å². The standard InChI is InChI=1S/C17H13N5O3/c23-17(9-4-13-2-1-3-16(10-13)22(24)25)20-14-5-7-15(8-6-14)21-12-18-11-19-21/h1-12H,(H,20,23)/b9-4+. The van der Waals surface area contributed by atoms with Crippen molar-refractivity contribution < 1.29 is 9.72 Å². The number of non-ortho nitro benzene ring substituents is 1. The monoisotopic (exact) mass is 335 g/mol. The van der Waals surface area contributed by atoms with Crippen LogP contribution < -0.4 is 5.32 Å². The maximum atomic E-state index is 12.0. The fourth-order valence-corrected chi connectivity index (χ4v) is 2.14. The molecule has 8 heteroatoms. The Hall–Kier alpha value is -3.81. The van der Waals surface area contributed by atoms with E-state index < -0.39 is 4.92 Å². The number of hydrogen-bond acceptors (Lipinski definition) is 5. The second-order valence-electron chi connectivity index (χ2n) is 5.06. The molecular weight excluding hydrogens is 322 g/mol. The van der Waals surface area contributed by atoms with Crippen LogP contribution in [0.1, 0.15) is 5.56 Å². The van der Waals surface area contributed by atoms with Gasteiger partial charge < -0.3 is 5.32 Å². The maximum absolute atomic E-state index is 12.0. The Bertz CT molecular complexity index is 918. The Morgan fingerprint density at radius 2 is 2.00 bits per heavy atom. The smallest absolute Gasteiger partial charge is 0.270 e. The van der Waals surface area contributed by atoms with Crippen molar-refractivity contribution in [1.82, 2.24) is 14.8 Å². The minimum absolute atomic E-state index is 0.0220. The van der Waals surface area contributed by atoms with Gasteiger partial charge in [-0.3, -0.25) is 14.9 Å². The lowest BCUT2D eigenvalue weighted by Gasteiger charge is -2.04. The van der Waals surface area contributed by atoms with Crippen molar-refractivity contribution in [1.29, 1.82) is 0 Å². The zero-order valence-corrected chi connectivity index (χ0v) is 12.9. The van der Waals surface area contributed by atoms with Crippen LogP contribution in [0, 0.1) is 10.1 Å². The number of aromatic nitrogens is 3. The number of nitrogens with one attached hydrogen (secondary N) is 1. The van der Waals surface area contributed by atoms with E-state index in [0.29, 0.717) is 11.3 Å². The molecule has 0 unspecified atom stereocenters. The van der Waals surface area contributed by atoms with Crippen molar-refractivity contribution in [3.05, 3.63) is 82.9 Å². The molecule has 1 amide bonds. The van der Waals surface area contributed by atoms with Crippen molar-refractivity contribution in [2.45, 2.75) is 0 Å². The molecule has 0 atom stereocenters. The van der Waals surface area contributed by atoms with Crippen LogP contribution in [0.4, 0.5) is 11.4 Å². The molecule has 0 aliphatic carbocycles. The molecule has 0 radical (unpaired) electrons. The van der Waals surface area contributed by atoms with E-state index in [2.05, 4.69) is 15.4 Å². The van der Waals surface area contributed by atoms with Crippen molar-refractivity contribution in [2.24, 2.45) is 0 Å². The molecule has 25 heavy (non-hydrogen) atoms. The number of hydrogen-bond donors (Lipinski definition) is 1. The lowest BCUT2D eigenvalue weighted by Crippen LogP contribution is -2.07. The van der Waals surface area contributed by atoms with Crippen molar-refractivity contribution in [2.75, 3.05) is 5.32 Å². The summed E-state index contributed by atoms with van der Waals surface area (Å²) in [5.74, 6) is -0.333. The summed E-state index contributed by atoms with van der Waals surface area (Å²) in [4.78, 5) is 26.1. The van der Waals surface area contributed by atoms with Gasteiger partial charge in [-0.2, -0.15) is 5.10 Å². The molecule has 1 aromatic heterocycles. The molecule has 0 fully saturated rings. The molecular formula is C17H13N5O3. The minimum atomic E-state index is -0.478. The molecule has 0 bridgehead atoms. The van der Waals surface area contributed by atoms with E-state index in [-0.39, 0.29) is 11.6 Å². The lowest BCUT2D eigenvalue weighted by atomic mass is 10.2. The number of anilines is 1. The van der Waals surface area contributed by atoms with Crippen LogP contribution in [-0.4, -0.2) is 25.6 Å². The largest absolute Gasteiger partial charge is 0.323 e. The summed E-state index contributed by atoms with van der Waals surface area (Å²) in [5.41, 5.74) is 2.00. The number of nitro benzene ring substituents is 1. The van der Waals surface area contributed by atoms with Crippen LogP contribution >= 0.6 is 0 Å². The van der Waals surface area contributed by atoms with Gasteiger partial charge in [0.2, 0.25) is 5.91 Å². The van der Waals surface area contributed by atoms with E-state index in [0.717, 1.165) is 5.69 Å². The van der Waals surface area contributed by atoms with Gasteiger partial charge in [0.1, 0.15) is 12.7 Å². The van der Waals surface area contributed by atoms with E-state index in [4.69, 9.17) is 0 Å². The molecule has 0 saturated carbocycles. The third-order valence-electron chi connectivity index (χ3n) is 3.33. The predicted molar refractivity (Wildman–Crippen MR) is 92.1 cm³/mol. The maximum Gasteiger partial charge on any atom is 0.270 e. The van der Waals surface area contributed by atoms with Gasteiger partial charge in [0.15, 0.2) is 0 Å². The Labute approximate surface area is 142 Å². The molecule has 2 aromatic carbocycles. The Kier molecular flexibility index (Phi) is 4.61. The molecule has 1 N–H and O–H groups in total. The summed E-state index contributed by atoms with van der Waals surface area (Å²) >= 11 is 0. The number of amides is 1. The molecule has 3 aromatic rings. The van der Waals surface area contributed by atoms with Gasteiger partial charge in [0.05, 0.1) is 10.6 Å². The first-order valence-corrected chi connectivity index (χ1v) is 7.30. The van der Waals surface area contributed by atoms with Crippen molar-refractivity contribution >= 4 is 23.4 Å². The van der Waals surface area contributed by atoms with Crippen LogP contribution in [-0.2, 0) is 4.79 Å². The summed E-state index contributed by atoms with van der Waals surface area (Å²) in [6.07, 6.45) is 5.86. The van der Waals surface area contributed by atoms with Gasteiger partial charge in [-0.05, 0) is 35.9 Å². The number of nitrogens with zero attached hydrogens (tertiary/aromatic N) is 4. The highest BCUT2D eigenvalue weighted by Gasteiger charge is 2.04. The molecule has 3 rings (SSSR count). The van der Waals surface area contributed by atoms with Gasteiger partial charge in [-0.25, -0.2) is 9.67 Å². The molecule has 0 saturated heterocycles. The number of nitro groups is 1. The molecule has 0 aliphatic heterocycles. The highest BCUT2D eigenvalue weighted by Crippen LogP contribution is 2.15. The summed E-state index contributed by atoms with van der Waals surface area (Å²) in [6.45, 7) is 0. The average molecular weight is 335 g/mol. The van der Waals surface area contributed by atoms with Gasteiger partial charge in [-0.1, -0.05) is 12.1 Å². The fraction of sp³-hybridized carbons (Fsp3) is 0. The number of benzene rings is 2. The van der Waals surface area contributed by atoms with E-state index in [1.165, 1.54) is 30.6 Å². The van der Waals surface area contributed by atoms with Crippen molar-refractivity contribution in [3.8, 4) is 5.69 Å². The first-order valence-electron chi connectivity index (χ1n) is 7.30. The van der Waals surface area contributed by atoms with E-state index in [1.54, 1.807) is 47.4 Å². The summed E-state index contributed by atoms with van der Waals surface area (Å²) in [5, 5.41) is 17.5. The highest BCUT2D eigenvalue weighted by atomic mass is 16.6. The zero-order chi connectivity index (χ0) is 17.6. The molecule has 0 aliphatic rings. The SMILES string of the molecule is O=C(/C=C/c1cccc([N+](=O)[O-])c1)Nc1ccc(-n2cncn2)cc1.